The first kappa shape index (κ1) is 15.0. The fraction of sp³-hybridized carbons (Fsp3) is 0.538. The lowest BCUT2D eigenvalue weighted by Gasteiger charge is -2.27. The Morgan fingerprint density at radius 3 is 2.72 bits per heavy atom. The molecule has 1 heterocycles. The lowest BCUT2D eigenvalue weighted by atomic mass is 10.1. The summed E-state index contributed by atoms with van der Waals surface area (Å²) >= 11 is -1.13. The zero-order valence-electron chi connectivity index (χ0n) is 11.2. The molecule has 1 rings (SSSR count). The van der Waals surface area contributed by atoms with E-state index in [-0.39, 0.29) is 10.8 Å². The molecule has 1 N–H and O–H groups in total. The number of nitrogens with zero attached hydrogens (tertiary/aromatic N) is 2. The lowest BCUT2D eigenvalue weighted by molar-refractivity contribution is 0.518. The third-order valence-electron chi connectivity index (χ3n) is 2.51. The van der Waals surface area contributed by atoms with Crippen LogP contribution in [-0.4, -0.2) is 14.3 Å². The maximum atomic E-state index is 12.1. The highest BCUT2D eigenvalue weighted by atomic mass is 32.2. The Bertz CT molecular complexity index is 437. The van der Waals surface area contributed by atoms with Crippen molar-refractivity contribution in [1.29, 1.82) is 5.26 Å². The van der Waals surface area contributed by atoms with Gasteiger partial charge in [-0.15, -0.1) is 4.72 Å². The van der Waals surface area contributed by atoms with Crippen LogP contribution in [0.1, 0.15) is 51.4 Å². The molecular formula is C13H19N3OS. The quantitative estimate of drug-likeness (QED) is 0.849. The monoisotopic (exact) mass is 265 g/mol. The van der Waals surface area contributed by atoms with E-state index in [0.717, 1.165) is 12.0 Å². The van der Waals surface area contributed by atoms with Crippen molar-refractivity contribution in [3.05, 3.63) is 29.6 Å². The average molecular weight is 265 g/mol. The summed E-state index contributed by atoms with van der Waals surface area (Å²) in [7, 11) is 0. The number of aromatic nitrogens is 1. The second kappa shape index (κ2) is 6.19. The normalized spacial score (nSPS) is 14.9. The van der Waals surface area contributed by atoms with Crippen molar-refractivity contribution in [2.75, 3.05) is 0 Å². The zero-order valence-corrected chi connectivity index (χ0v) is 12.0. The molecule has 5 heteroatoms. The Hall–Kier alpha value is -1.09. The highest BCUT2D eigenvalue weighted by Gasteiger charge is 2.29. The van der Waals surface area contributed by atoms with E-state index in [1.807, 2.05) is 39.8 Å². The predicted octanol–water partition coefficient (Wildman–Crippen LogP) is 2.46. The van der Waals surface area contributed by atoms with E-state index < -0.39 is 11.4 Å². The molecule has 2 atom stereocenters. The van der Waals surface area contributed by atoms with Crippen LogP contribution in [0, 0.1) is 11.3 Å². The van der Waals surface area contributed by atoms with Crippen LogP contribution in [0.4, 0.5) is 0 Å². The minimum Gasteiger partial charge on any atom is -0.598 e. The molecule has 0 aliphatic heterocycles. The third kappa shape index (κ3) is 3.98. The number of rotatable bonds is 4. The van der Waals surface area contributed by atoms with E-state index in [0.29, 0.717) is 5.69 Å². The first-order chi connectivity index (χ1) is 8.38. The van der Waals surface area contributed by atoms with Crippen LogP contribution in [0.3, 0.4) is 0 Å². The van der Waals surface area contributed by atoms with E-state index in [1.54, 1.807) is 12.3 Å². The maximum Gasteiger partial charge on any atom is 0.140 e. The molecule has 98 valence electrons. The molecule has 0 aliphatic rings. The Balaban J connectivity index is 2.87. The number of hydrogen-bond donors (Lipinski definition) is 1. The van der Waals surface area contributed by atoms with Crippen molar-refractivity contribution in [3.63, 3.8) is 0 Å². The number of nitriles is 1. The van der Waals surface area contributed by atoms with Gasteiger partial charge in [0.1, 0.15) is 16.5 Å². The van der Waals surface area contributed by atoms with Gasteiger partial charge in [0.05, 0.1) is 6.04 Å². The predicted molar refractivity (Wildman–Crippen MR) is 73.0 cm³/mol. The minimum absolute atomic E-state index is 0.0276. The molecule has 0 radical (unpaired) electrons. The molecule has 0 aromatic carbocycles. The molecule has 0 spiro atoms. The second-order valence-corrected chi connectivity index (χ2v) is 7.04. The molecule has 1 unspecified atom stereocenters. The van der Waals surface area contributed by atoms with E-state index in [1.165, 1.54) is 0 Å². The van der Waals surface area contributed by atoms with Crippen LogP contribution >= 0.6 is 0 Å². The summed E-state index contributed by atoms with van der Waals surface area (Å²) in [6.45, 7) is 7.80. The van der Waals surface area contributed by atoms with Gasteiger partial charge < -0.3 is 4.55 Å². The van der Waals surface area contributed by atoms with Crippen LogP contribution in [-0.2, 0) is 11.4 Å². The molecule has 0 bridgehead atoms. The maximum absolute atomic E-state index is 12.1. The summed E-state index contributed by atoms with van der Waals surface area (Å²) in [4.78, 5) is 3.94. The van der Waals surface area contributed by atoms with Gasteiger partial charge in [-0.1, -0.05) is 6.92 Å². The van der Waals surface area contributed by atoms with Gasteiger partial charge in [-0.25, -0.2) is 4.98 Å². The standard InChI is InChI=1S/C13H19N3OS/c1-5-12(16-18(17)13(2,3)4)10-6-7-15-11(8-10)9-14/h6-8,12,16H,5H2,1-4H3/t12-,18?/m0/s1. The Morgan fingerprint density at radius 2 is 2.22 bits per heavy atom. The zero-order chi connectivity index (χ0) is 13.8. The van der Waals surface area contributed by atoms with Gasteiger partial charge in [-0.05, 0) is 44.9 Å². The minimum atomic E-state index is -1.13. The molecule has 1 aromatic rings. The Labute approximate surface area is 112 Å². The molecule has 18 heavy (non-hydrogen) atoms. The van der Waals surface area contributed by atoms with Gasteiger partial charge in [-0.2, -0.15) is 5.26 Å². The van der Waals surface area contributed by atoms with Gasteiger partial charge in [0, 0.05) is 17.6 Å². The van der Waals surface area contributed by atoms with E-state index in [4.69, 9.17) is 5.26 Å². The molecule has 0 saturated heterocycles. The van der Waals surface area contributed by atoms with Crippen molar-refractivity contribution < 1.29 is 4.55 Å². The lowest BCUT2D eigenvalue weighted by Crippen LogP contribution is -2.41. The largest absolute Gasteiger partial charge is 0.598 e. The molecule has 1 aromatic heterocycles. The van der Waals surface area contributed by atoms with Crippen LogP contribution in [0.2, 0.25) is 0 Å². The summed E-state index contributed by atoms with van der Waals surface area (Å²) in [5.74, 6) is 0. The summed E-state index contributed by atoms with van der Waals surface area (Å²) < 4.78 is 14.9. The van der Waals surface area contributed by atoms with Crippen LogP contribution in [0.25, 0.3) is 0 Å². The molecular weight excluding hydrogens is 246 g/mol. The van der Waals surface area contributed by atoms with Crippen LogP contribution in [0.5, 0.6) is 0 Å². The van der Waals surface area contributed by atoms with Crippen molar-refractivity contribution in [2.45, 2.75) is 44.9 Å². The number of hydrogen-bond acceptors (Lipinski definition) is 4. The fourth-order valence-corrected chi connectivity index (χ4v) is 2.33. The summed E-state index contributed by atoms with van der Waals surface area (Å²) in [5.41, 5.74) is 1.33. The van der Waals surface area contributed by atoms with Gasteiger partial charge in [-0.3, -0.25) is 0 Å². The van der Waals surface area contributed by atoms with Crippen LogP contribution in [0.15, 0.2) is 18.3 Å². The molecule has 0 fully saturated rings. The van der Waals surface area contributed by atoms with Gasteiger partial charge in [0.25, 0.3) is 0 Å². The van der Waals surface area contributed by atoms with Crippen LogP contribution < -0.4 is 4.72 Å². The first-order valence-corrected chi connectivity index (χ1v) is 7.07. The summed E-state index contributed by atoms with van der Waals surface area (Å²) in [6, 6.07) is 5.57. The second-order valence-electron chi connectivity index (χ2n) is 5.05. The highest BCUT2D eigenvalue weighted by molar-refractivity contribution is 7.90. The average Bonchev–Trinajstić information content (AvgIpc) is 2.34. The first-order valence-electron chi connectivity index (χ1n) is 5.92. The SMILES string of the molecule is CC[C@H](N[S+]([O-])C(C)(C)C)c1ccnc(C#N)c1. The molecule has 0 amide bonds. The number of nitrogens with one attached hydrogen (secondary N) is 1. The van der Waals surface area contributed by atoms with Gasteiger partial charge in [0.2, 0.25) is 0 Å². The Kier molecular flexibility index (Phi) is 5.15. The smallest absolute Gasteiger partial charge is 0.140 e. The van der Waals surface area contributed by atoms with Crippen molar-refractivity contribution in [3.8, 4) is 6.07 Å². The molecule has 0 aliphatic carbocycles. The molecule has 4 nitrogen and oxygen atoms in total. The van der Waals surface area contributed by atoms with Gasteiger partial charge >= 0.3 is 0 Å². The van der Waals surface area contributed by atoms with E-state index in [9.17, 15) is 4.55 Å². The van der Waals surface area contributed by atoms with Crippen molar-refractivity contribution >= 4 is 11.4 Å². The van der Waals surface area contributed by atoms with Crippen molar-refractivity contribution in [2.24, 2.45) is 0 Å². The van der Waals surface area contributed by atoms with Crippen molar-refractivity contribution in [1.82, 2.24) is 9.71 Å². The van der Waals surface area contributed by atoms with E-state index in [2.05, 4.69) is 9.71 Å². The molecule has 0 saturated carbocycles. The summed E-state index contributed by atoms with van der Waals surface area (Å²) in [6.07, 6.45) is 2.41. The fourth-order valence-electron chi connectivity index (χ4n) is 1.42. The number of pyridine rings is 1. The Morgan fingerprint density at radius 1 is 1.56 bits per heavy atom. The third-order valence-corrected chi connectivity index (χ3v) is 4.13. The highest BCUT2D eigenvalue weighted by Crippen LogP contribution is 2.22. The summed E-state index contributed by atoms with van der Waals surface area (Å²) in [5, 5.41) is 8.83. The van der Waals surface area contributed by atoms with E-state index >= 15 is 0 Å². The van der Waals surface area contributed by atoms with Gasteiger partial charge in [0.15, 0.2) is 0 Å². The topological polar surface area (TPSA) is 71.8 Å².